The van der Waals surface area contributed by atoms with E-state index in [1.54, 1.807) is 26.0 Å². The molecule has 1 aromatic carbocycles. The van der Waals surface area contributed by atoms with Crippen molar-refractivity contribution < 1.29 is 18.0 Å². The molecule has 0 saturated heterocycles. The van der Waals surface area contributed by atoms with Gasteiger partial charge in [0.25, 0.3) is 0 Å². The molecule has 1 rings (SSSR count). The van der Waals surface area contributed by atoms with E-state index >= 15 is 0 Å². The molecule has 0 heterocycles. The lowest BCUT2D eigenvalue weighted by molar-refractivity contribution is -0.135. The van der Waals surface area contributed by atoms with E-state index in [0.717, 1.165) is 11.1 Å². The molecule has 17 heavy (non-hydrogen) atoms. The predicted molar refractivity (Wildman–Crippen MR) is 60.2 cm³/mol. The molecule has 0 aliphatic rings. The van der Waals surface area contributed by atoms with Crippen LogP contribution < -0.4 is 0 Å². The van der Waals surface area contributed by atoms with Crippen molar-refractivity contribution in [2.24, 2.45) is 0 Å². The highest BCUT2D eigenvalue weighted by atomic mass is 19.4. The molecule has 0 atom stereocenters. The molecule has 1 aromatic rings. The molecule has 0 aliphatic carbocycles. The largest absolute Gasteiger partial charge is 0.389 e. The Morgan fingerprint density at radius 1 is 1.18 bits per heavy atom. The van der Waals surface area contributed by atoms with Crippen LogP contribution >= 0.6 is 0 Å². The van der Waals surface area contributed by atoms with Gasteiger partial charge in [-0.05, 0) is 31.4 Å². The number of Topliss-reactive ketones (excluding diaryl/α,β-unsaturated/α-hetero) is 1. The molecule has 0 aliphatic heterocycles. The van der Waals surface area contributed by atoms with E-state index in [0.29, 0.717) is 5.56 Å². The third-order valence-electron chi connectivity index (χ3n) is 2.62. The first-order valence-electron chi connectivity index (χ1n) is 5.47. The van der Waals surface area contributed by atoms with E-state index in [1.807, 2.05) is 6.07 Å². The summed E-state index contributed by atoms with van der Waals surface area (Å²) in [6.07, 6.45) is -5.27. The zero-order chi connectivity index (χ0) is 13.1. The van der Waals surface area contributed by atoms with Crippen molar-refractivity contribution in [2.75, 3.05) is 0 Å². The van der Waals surface area contributed by atoms with E-state index in [9.17, 15) is 18.0 Å². The summed E-state index contributed by atoms with van der Waals surface area (Å²) in [6.45, 7) is 3.59. The number of halogens is 3. The number of alkyl halides is 3. The first kappa shape index (κ1) is 13.7. The standard InChI is InChI=1S/C13H15F3O/c1-9-5-3-6-10(2)12(9)11(17)7-4-8-13(14,15)16/h3,5-6H,4,7-8H2,1-2H3. The molecule has 0 spiro atoms. The van der Waals surface area contributed by atoms with Crippen LogP contribution in [0.3, 0.4) is 0 Å². The number of carbonyl (C=O) groups is 1. The summed E-state index contributed by atoms with van der Waals surface area (Å²) >= 11 is 0. The van der Waals surface area contributed by atoms with Crippen molar-refractivity contribution in [2.45, 2.75) is 39.3 Å². The van der Waals surface area contributed by atoms with Crippen LogP contribution in [0.25, 0.3) is 0 Å². The van der Waals surface area contributed by atoms with Crippen LogP contribution in [0.5, 0.6) is 0 Å². The van der Waals surface area contributed by atoms with Gasteiger partial charge in [-0.3, -0.25) is 4.79 Å². The van der Waals surface area contributed by atoms with Gasteiger partial charge in [-0.15, -0.1) is 0 Å². The Labute approximate surface area is 98.6 Å². The summed E-state index contributed by atoms with van der Waals surface area (Å²) in [4.78, 5) is 11.8. The van der Waals surface area contributed by atoms with E-state index < -0.39 is 12.6 Å². The minimum atomic E-state index is -4.18. The van der Waals surface area contributed by atoms with Crippen LogP contribution in [-0.4, -0.2) is 12.0 Å². The van der Waals surface area contributed by atoms with Crippen molar-refractivity contribution in [3.8, 4) is 0 Å². The summed E-state index contributed by atoms with van der Waals surface area (Å²) < 4.78 is 35.9. The van der Waals surface area contributed by atoms with E-state index in [2.05, 4.69) is 0 Å². The second-order valence-electron chi connectivity index (χ2n) is 4.16. The molecule has 0 fully saturated rings. The maximum absolute atomic E-state index is 12.0. The van der Waals surface area contributed by atoms with E-state index in [-0.39, 0.29) is 18.6 Å². The number of hydrogen-bond acceptors (Lipinski definition) is 1. The van der Waals surface area contributed by atoms with Gasteiger partial charge in [0.05, 0.1) is 0 Å². The Morgan fingerprint density at radius 2 is 1.71 bits per heavy atom. The highest BCUT2D eigenvalue weighted by molar-refractivity contribution is 5.98. The van der Waals surface area contributed by atoms with Crippen LogP contribution in [0.1, 0.15) is 40.7 Å². The molecule has 94 valence electrons. The van der Waals surface area contributed by atoms with E-state index in [4.69, 9.17) is 0 Å². The van der Waals surface area contributed by atoms with Gasteiger partial charge in [-0.2, -0.15) is 13.2 Å². The first-order chi connectivity index (χ1) is 7.81. The highest BCUT2D eigenvalue weighted by Crippen LogP contribution is 2.24. The van der Waals surface area contributed by atoms with Crippen molar-refractivity contribution in [1.29, 1.82) is 0 Å². The van der Waals surface area contributed by atoms with Crippen LogP contribution in [-0.2, 0) is 0 Å². The Hall–Kier alpha value is -1.32. The molecule has 0 saturated carbocycles. The highest BCUT2D eigenvalue weighted by Gasteiger charge is 2.26. The van der Waals surface area contributed by atoms with Gasteiger partial charge in [0, 0.05) is 18.4 Å². The fourth-order valence-corrected chi connectivity index (χ4v) is 1.83. The average molecular weight is 244 g/mol. The lowest BCUT2D eigenvalue weighted by atomic mass is 9.96. The van der Waals surface area contributed by atoms with Gasteiger partial charge in [0.2, 0.25) is 0 Å². The van der Waals surface area contributed by atoms with Gasteiger partial charge in [0.15, 0.2) is 5.78 Å². The quantitative estimate of drug-likeness (QED) is 0.725. The van der Waals surface area contributed by atoms with E-state index in [1.165, 1.54) is 0 Å². The second kappa shape index (κ2) is 5.34. The van der Waals surface area contributed by atoms with Crippen molar-refractivity contribution in [1.82, 2.24) is 0 Å². The predicted octanol–water partition coefficient (Wildman–Crippen LogP) is 4.22. The minimum absolute atomic E-state index is 0.0504. The van der Waals surface area contributed by atoms with Crippen LogP contribution in [0, 0.1) is 13.8 Å². The molecule has 0 radical (unpaired) electrons. The van der Waals surface area contributed by atoms with Crippen molar-refractivity contribution in [3.05, 3.63) is 34.9 Å². The summed E-state index contributed by atoms with van der Waals surface area (Å²) in [6, 6.07) is 5.42. The summed E-state index contributed by atoms with van der Waals surface area (Å²) in [5.41, 5.74) is 2.21. The SMILES string of the molecule is Cc1cccc(C)c1C(=O)CCCC(F)(F)F. The molecule has 0 aromatic heterocycles. The van der Waals surface area contributed by atoms with Gasteiger partial charge < -0.3 is 0 Å². The summed E-state index contributed by atoms with van der Waals surface area (Å²) in [7, 11) is 0. The zero-order valence-corrected chi connectivity index (χ0v) is 9.90. The van der Waals surface area contributed by atoms with Gasteiger partial charge >= 0.3 is 6.18 Å². The Kier molecular flexibility index (Phi) is 4.32. The Balaban J connectivity index is 2.65. The molecular formula is C13H15F3O. The Bertz CT molecular complexity index is 387. The maximum Gasteiger partial charge on any atom is 0.389 e. The van der Waals surface area contributed by atoms with Gasteiger partial charge in [0.1, 0.15) is 0 Å². The number of aryl methyl sites for hydroxylation is 2. The molecule has 4 heteroatoms. The number of ketones is 1. The minimum Gasteiger partial charge on any atom is -0.294 e. The average Bonchev–Trinajstić information content (AvgIpc) is 2.15. The fraction of sp³-hybridized carbons (Fsp3) is 0.462. The van der Waals surface area contributed by atoms with Crippen molar-refractivity contribution >= 4 is 5.78 Å². The number of benzene rings is 1. The topological polar surface area (TPSA) is 17.1 Å². The normalized spacial score (nSPS) is 11.6. The third kappa shape index (κ3) is 4.21. The van der Waals surface area contributed by atoms with Crippen LogP contribution in [0.2, 0.25) is 0 Å². The molecule has 0 N–H and O–H groups in total. The third-order valence-corrected chi connectivity index (χ3v) is 2.62. The molecule has 0 bridgehead atoms. The number of carbonyl (C=O) groups excluding carboxylic acids is 1. The maximum atomic E-state index is 12.0. The number of rotatable bonds is 4. The van der Waals surface area contributed by atoms with Crippen LogP contribution in [0.15, 0.2) is 18.2 Å². The molecule has 0 amide bonds. The summed E-state index contributed by atoms with van der Waals surface area (Å²) in [5.74, 6) is -0.204. The Morgan fingerprint density at radius 3 is 2.18 bits per heavy atom. The molecule has 1 nitrogen and oxygen atoms in total. The van der Waals surface area contributed by atoms with Crippen LogP contribution in [0.4, 0.5) is 13.2 Å². The molecule has 0 unspecified atom stereocenters. The van der Waals surface area contributed by atoms with Crippen molar-refractivity contribution in [3.63, 3.8) is 0 Å². The summed E-state index contributed by atoms with van der Waals surface area (Å²) in [5, 5.41) is 0. The lowest BCUT2D eigenvalue weighted by Gasteiger charge is -2.09. The second-order valence-corrected chi connectivity index (χ2v) is 4.16. The smallest absolute Gasteiger partial charge is 0.294 e. The van der Waals surface area contributed by atoms with Gasteiger partial charge in [-0.25, -0.2) is 0 Å². The molecular weight excluding hydrogens is 229 g/mol. The first-order valence-corrected chi connectivity index (χ1v) is 5.47. The zero-order valence-electron chi connectivity index (χ0n) is 9.90. The number of hydrogen-bond donors (Lipinski definition) is 0. The lowest BCUT2D eigenvalue weighted by Crippen LogP contribution is -2.10. The fourth-order valence-electron chi connectivity index (χ4n) is 1.83. The van der Waals surface area contributed by atoms with Gasteiger partial charge in [-0.1, -0.05) is 18.2 Å². The monoisotopic (exact) mass is 244 g/mol.